The summed E-state index contributed by atoms with van der Waals surface area (Å²) in [5, 5.41) is 17.3. The quantitative estimate of drug-likeness (QED) is 0.807. The van der Waals surface area contributed by atoms with Crippen molar-refractivity contribution in [2.24, 2.45) is 0 Å². The predicted molar refractivity (Wildman–Crippen MR) is 54.7 cm³/mol. The minimum Gasteiger partial charge on any atom is -0.478 e. The lowest BCUT2D eigenvalue weighted by molar-refractivity contribution is 0.0697. The van der Waals surface area contributed by atoms with Crippen LogP contribution in [0.2, 0.25) is 5.02 Å². The number of nitrogens with zero attached hydrogens (tertiary/aromatic N) is 1. The van der Waals surface area contributed by atoms with Gasteiger partial charge >= 0.3 is 5.97 Å². The zero-order chi connectivity index (χ0) is 10.6. The van der Waals surface area contributed by atoms with Crippen LogP contribution >= 0.6 is 23.4 Å². The molecule has 0 heterocycles. The molecule has 0 saturated heterocycles. The van der Waals surface area contributed by atoms with Crippen LogP contribution in [0.4, 0.5) is 0 Å². The van der Waals surface area contributed by atoms with Crippen LogP contribution in [0.15, 0.2) is 23.1 Å². The second kappa shape index (κ2) is 4.89. The first-order chi connectivity index (χ1) is 6.65. The highest BCUT2D eigenvalue weighted by Gasteiger charge is 2.09. The molecule has 1 N–H and O–H groups in total. The molecule has 0 aliphatic carbocycles. The topological polar surface area (TPSA) is 61.1 Å². The Bertz CT molecular complexity index is 400. The molecule has 0 fully saturated rings. The summed E-state index contributed by atoms with van der Waals surface area (Å²) in [4.78, 5) is 11.4. The normalized spacial score (nSPS) is 9.43. The van der Waals surface area contributed by atoms with Gasteiger partial charge in [0, 0.05) is 4.90 Å². The molecule has 0 radical (unpaired) electrons. The smallest absolute Gasteiger partial charge is 0.337 e. The van der Waals surface area contributed by atoms with E-state index in [1.165, 1.54) is 23.9 Å². The van der Waals surface area contributed by atoms with Gasteiger partial charge in [0.1, 0.15) is 0 Å². The summed E-state index contributed by atoms with van der Waals surface area (Å²) in [5.41, 5.74) is 0.0645. The number of nitriles is 1. The highest BCUT2D eigenvalue weighted by molar-refractivity contribution is 7.99. The van der Waals surface area contributed by atoms with E-state index in [-0.39, 0.29) is 10.6 Å². The van der Waals surface area contributed by atoms with Gasteiger partial charge in [0.25, 0.3) is 0 Å². The second-order valence-corrected chi connectivity index (χ2v) is 3.85. The van der Waals surface area contributed by atoms with Crippen molar-refractivity contribution in [3.8, 4) is 6.07 Å². The summed E-state index contributed by atoms with van der Waals surface area (Å²) in [7, 11) is 0. The summed E-state index contributed by atoms with van der Waals surface area (Å²) >= 11 is 6.95. The van der Waals surface area contributed by atoms with Gasteiger partial charge in [-0.15, -0.1) is 11.8 Å². The molecule has 3 nitrogen and oxygen atoms in total. The Hall–Kier alpha value is -1.18. The van der Waals surface area contributed by atoms with E-state index in [9.17, 15) is 4.79 Å². The van der Waals surface area contributed by atoms with Crippen LogP contribution in [0.5, 0.6) is 0 Å². The SMILES string of the molecule is N#CCSc1ccc(Cl)c(C(=O)O)c1. The number of benzene rings is 1. The first kappa shape index (κ1) is 10.9. The van der Waals surface area contributed by atoms with Gasteiger partial charge in [0.2, 0.25) is 0 Å². The molecule has 0 saturated carbocycles. The summed E-state index contributed by atoms with van der Waals surface area (Å²) < 4.78 is 0. The molecule has 1 aromatic rings. The second-order valence-electron chi connectivity index (χ2n) is 2.39. The first-order valence-electron chi connectivity index (χ1n) is 3.67. The van der Waals surface area contributed by atoms with Crippen molar-refractivity contribution in [1.82, 2.24) is 0 Å². The van der Waals surface area contributed by atoms with Gasteiger partial charge in [-0.2, -0.15) is 5.26 Å². The van der Waals surface area contributed by atoms with Gasteiger partial charge in [-0.3, -0.25) is 0 Å². The molecule has 0 aliphatic heterocycles. The number of carbonyl (C=O) groups is 1. The van der Waals surface area contributed by atoms with E-state index < -0.39 is 5.97 Å². The highest BCUT2D eigenvalue weighted by atomic mass is 35.5. The van der Waals surface area contributed by atoms with Crippen LogP contribution in [0.1, 0.15) is 10.4 Å². The molecule has 0 unspecified atom stereocenters. The van der Waals surface area contributed by atoms with Crippen molar-refractivity contribution in [2.75, 3.05) is 5.75 Å². The lowest BCUT2D eigenvalue weighted by atomic mass is 10.2. The van der Waals surface area contributed by atoms with Gasteiger partial charge in [-0.25, -0.2) is 4.79 Å². The number of carboxylic acid groups (broad SMARTS) is 1. The third-order valence-electron chi connectivity index (χ3n) is 1.47. The predicted octanol–water partition coefficient (Wildman–Crippen LogP) is 2.65. The van der Waals surface area contributed by atoms with Gasteiger partial charge in [0.15, 0.2) is 0 Å². The van der Waals surface area contributed by atoms with E-state index in [4.69, 9.17) is 22.0 Å². The summed E-state index contributed by atoms with van der Waals surface area (Å²) in [5.74, 6) is -0.768. The van der Waals surface area contributed by atoms with Crippen LogP contribution in [-0.2, 0) is 0 Å². The van der Waals surface area contributed by atoms with E-state index >= 15 is 0 Å². The Morgan fingerprint density at radius 3 is 2.93 bits per heavy atom. The standard InChI is InChI=1S/C9H6ClNO2S/c10-8-2-1-6(14-4-3-11)5-7(8)9(12)13/h1-2,5H,4H2,(H,12,13). The maximum atomic E-state index is 10.7. The fourth-order valence-electron chi connectivity index (χ4n) is 0.874. The molecule has 1 aromatic carbocycles. The molecule has 0 amide bonds. The molecule has 72 valence electrons. The van der Waals surface area contributed by atoms with Gasteiger partial charge in [-0.05, 0) is 18.2 Å². The van der Waals surface area contributed by atoms with E-state index in [2.05, 4.69) is 0 Å². The number of hydrogen-bond donors (Lipinski definition) is 1. The van der Waals surface area contributed by atoms with Crippen LogP contribution in [0, 0.1) is 11.3 Å². The summed E-state index contributed by atoms with van der Waals surface area (Å²) in [6.45, 7) is 0. The van der Waals surface area contributed by atoms with Crippen LogP contribution < -0.4 is 0 Å². The van der Waals surface area contributed by atoms with E-state index in [0.717, 1.165) is 4.90 Å². The van der Waals surface area contributed by atoms with E-state index in [0.29, 0.717) is 5.75 Å². The molecular formula is C9H6ClNO2S. The number of halogens is 1. The number of rotatable bonds is 3. The largest absolute Gasteiger partial charge is 0.478 e. The van der Waals surface area contributed by atoms with Crippen molar-refractivity contribution in [1.29, 1.82) is 5.26 Å². The Labute approximate surface area is 90.3 Å². The van der Waals surface area contributed by atoms with Gasteiger partial charge in [-0.1, -0.05) is 11.6 Å². The first-order valence-corrected chi connectivity index (χ1v) is 5.04. The average molecular weight is 228 g/mol. The molecule has 0 aliphatic rings. The molecule has 14 heavy (non-hydrogen) atoms. The molecule has 0 bridgehead atoms. The van der Waals surface area contributed by atoms with Crippen LogP contribution in [-0.4, -0.2) is 16.8 Å². The maximum absolute atomic E-state index is 10.7. The number of aromatic carboxylic acids is 1. The van der Waals surface area contributed by atoms with E-state index in [1.807, 2.05) is 6.07 Å². The third kappa shape index (κ3) is 2.66. The Morgan fingerprint density at radius 2 is 2.36 bits per heavy atom. The Balaban J connectivity index is 2.96. The lowest BCUT2D eigenvalue weighted by Gasteiger charge is -2.01. The Kier molecular flexibility index (Phi) is 3.81. The van der Waals surface area contributed by atoms with Crippen molar-refractivity contribution in [2.45, 2.75) is 4.90 Å². The monoisotopic (exact) mass is 227 g/mol. The Morgan fingerprint density at radius 1 is 1.64 bits per heavy atom. The van der Waals surface area contributed by atoms with Crippen LogP contribution in [0.25, 0.3) is 0 Å². The average Bonchev–Trinajstić information content (AvgIpc) is 2.16. The molecule has 5 heteroatoms. The number of carboxylic acids is 1. The van der Waals surface area contributed by atoms with Crippen LogP contribution in [0.3, 0.4) is 0 Å². The zero-order valence-electron chi connectivity index (χ0n) is 7.03. The van der Waals surface area contributed by atoms with Crippen molar-refractivity contribution in [3.05, 3.63) is 28.8 Å². The number of hydrogen-bond acceptors (Lipinski definition) is 3. The van der Waals surface area contributed by atoms with E-state index in [1.54, 1.807) is 6.07 Å². The molecule has 0 aromatic heterocycles. The summed E-state index contributed by atoms with van der Waals surface area (Å²) in [6.07, 6.45) is 0. The summed E-state index contributed by atoms with van der Waals surface area (Å²) in [6, 6.07) is 6.64. The maximum Gasteiger partial charge on any atom is 0.337 e. The van der Waals surface area contributed by atoms with Gasteiger partial charge < -0.3 is 5.11 Å². The minimum absolute atomic E-state index is 0.0645. The lowest BCUT2D eigenvalue weighted by Crippen LogP contribution is -1.97. The van der Waals surface area contributed by atoms with Crippen molar-refractivity contribution < 1.29 is 9.90 Å². The fourth-order valence-corrected chi connectivity index (χ4v) is 1.67. The highest BCUT2D eigenvalue weighted by Crippen LogP contribution is 2.24. The molecular weight excluding hydrogens is 222 g/mol. The zero-order valence-corrected chi connectivity index (χ0v) is 8.60. The molecule has 0 spiro atoms. The third-order valence-corrected chi connectivity index (χ3v) is 2.66. The fraction of sp³-hybridized carbons (Fsp3) is 0.111. The van der Waals surface area contributed by atoms with Crippen molar-refractivity contribution in [3.63, 3.8) is 0 Å². The molecule has 1 rings (SSSR count). The molecule has 0 atom stereocenters. The van der Waals surface area contributed by atoms with Gasteiger partial charge in [0.05, 0.1) is 22.4 Å². The minimum atomic E-state index is -1.06. The number of thioether (sulfide) groups is 1. The van der Waals surface area contributed by atoms with Crippen molar-refractivity contribution >= 4 is 29.3 Å².